The highest BCUT2D eigenvalue weighted by atomic mass is 16.2. The molecule has 0 aromatic carbocycles. The summed E-state index contributed by atoms with van der Waals surface area (Å²) in [5.74, 6) is 0.0445. The zero-order valence-electron chi connectivity index (χ0n) is 12.5. The van der Waals surface area contributed by atoms with E-state index in [4.69, 9.17) is 10.5 Å². The van der Waals surface area contributed by atoms with Crippen LogP contribution in [0.3, 0.4) is 0 Å². The fourth-order valence-corrected chi connectivity index (χ4v) is 3.38. The van der Waals surface area contributed by atoms with E-state index in [0.29, 0.717) is 24.9 Å². The number of likely N-dealkylation sites (tertiary alicyclic amines) is 1. The van der Waals surface area contributed by atoms with Gasteiger partial charge in [0.05, 0.1) is 12.1 Å². The number of amides is 2. The molecular formula is C16H20N4O2. The summed E-state index contributed by atoms with van der Waals surface area (Å²) < 4.78 is 0. The number of carbonyl (C=O) groups is 2. The van der Waals surface area contributed by atoms with E-state index in [2.05, 4.69) is 11.4 Å². The van der Waals surface area contributed by atoms with Gasteiger partial charge in [-0.3, -0.25) is 9.59 Å². The van der Waals surface area contributed by atoms with Gasteiger partial charge in [0.15, 0.2) is 0 Å². The molecule has 2 saturated heterocycles. The first-order chi connectivity index (χ1) is 10.6. The first kappa shape index (κ1) is 14.8. The molecule has 2 amide bonds. The molecule has 0 radical (unpaired) electrons. The van der Waals surface area contributed by atoms with Gasteiger partial charge in [-0.1, -0.05) is 0 Å². The Balaban J connectivity index is 0.000000131. The third-order valence-corrected chi connectivity index (χ3v) is 5.07. The maximum atomic E-state index is 11.3. The molecule has 4 rings (SSSR count). The van der Waals surface area contributed by atoms with Crippen LogP contribution in [0, 0.1) is 39.9 Å². The minimum Gasteiger partial charge on any atom is -0.355 e. The molecule has 4 aliphatic rings. The summed E-state index contributed by atoms with van der Waals surface area (Å²) >= 11 is 0. The molecule has 6 heteroatoms. The lowest BCUT2D eigenvalue weighted by Gasteiger charge is -2.14. The van der Waals surface area contributed by atoms with Crippen LogP contribution in [0.4, 0.5) is 0 Å². The van der Waals surface area contributed by atoms with E-state index >= 15 is 0 Å². The minimum absolute atomic E-state index is 0.0394. The summed E-state index contributed by atoms with van der Waals surface area (Å²) in [7, 11) is 0. The molecule has 2 aliphatic heterocycles. The second kappa shape index (κ2) is 5.61. The van der Waals surface area contributed by atoms with Crippen molar-refractivity contribution in [3.05, 3.63) is 0 Å². The molecule has 2 saturated carbocycles. The van der Waals surface area contributed by atoms with E-state index in [1.165, 1.54) is 0 Å². The van der Waals surface area contributed by atoms with Gasteiger partial charge in [-0.25, -0.2) is 0 Å². The Hall–Kier alpha value is -2.08. The fourth-order valence-electron chi connectivity index (χ4n) is 3.38. The SMILES string of the molecule is N#CC1(C2CC2)CCNC1=O.N#C[C@@H]1CCN(C2CC2)C1=O. The Morgan fingerprint density at radius 3 is 2.27 bits per heavy atom. The predicted molar refractivity (Wildman–Crippen MR) is 76.9 cm³/mol. The number of carbonyl (C=O) groups excluding carboxylic acids is 2. The lowest BCUT2D eigenvalue weighted by molar-refractivity contribution is -0.130. The minimum atomic E-state index is -0.639. The zero-order chi connectivity index (χ0) is 15.7. The average molecular weight is 300 g/mol. The molecule has 1 N–H and O–H groups in total. The molecular weight excluding hydrogens is 280 g/mol. The fraction of sp³-hybridized carbons (Fsp3) is 0.750. The third-order valence-electron chi connectivity index (χ3n) is 5.07. The number of nitrogens with one attached hydrogen (secondary N) is 1. The second-order valence-electron chi connectivity index (χ2n) is 6.60. The van der Waals surface area contributed by atoms with Crippen LogP contribution >= 0.6 is 0 Å². The van der Waals surface area contributed by atoms with Crippen LogP contribution < -0.4 is 5.32 Å². The van der Waals surface area contributed by atoms with Crippen molar-refractivity contribution >= 4 is 11.8 Å². The van der Waals surface area contributed by atoms with Gasteiger partial charge in [-0.15, -0.1) is 0 Å². The lowest BCUT2D eigenvalue weighted by atomic mass is 9.83. The Bertz CT molecular complexity index is 566. The van der Waals surface area contributed by atoms with Crippen LogP contribution in [0.5, 0.6) is 0 Å². The molecule has 0 spiro atoms. The van der Waals surface area contributed by atoms with Gasteiger partial charge in [0.2, 0.25) is 11.8 Å². The quantitative estimate of drug-likeness (QED) is 0.821. The van der Waals surface area contributed by atoms with Gasteiger partial charge in [0, 0.05) is 19.1 Å². The molecule has 116 valence electrons. The first-order valence-corrected chi connectivity index (χ1v) is 8.02. The normalized spacial score (nSPS) is 33.5. The number of rotatable bonds is 2. The van der Waals surface area contributed by atoms with Crippen molar-refractivity contribution in [2.45, 2.75) is 44.6 Å². The Kier molecular flexibility index (Phi) is 3.78. The van der Waals surface area contributed by atoms with Gasteiger partial charge in [-0.05, 0) is 44.4 Å². The Labute approximate surface area is 130 Å². The van der Waals surface area contributed by atoms with E-state index in [1.54, 1.807) is 0 Å². The van der Waals surface area contributed by atoms with E-state index in [1.807, 2.05) is 11.0 Å². The topological polar surface area (TPSA) is 97.0 Å². The first-order valence-electron chi connectivity index (χ1n) is 8.02. The molecule has 0 aromatic rings. The smallest absolute Gasteiger partial charge is 0.240 e. The van der Waals surface area contributed by atoms with Crippen molar-refractivity contribution in [2.75, 3.05) is 13.1 Å². The van der Waals surface area contributed by atoms with Crippen molar-refractivity contribution in [1.29, 1.82) is 10.5 Å². The van der Waals surface area contributed by atoms with Crippen molar-refractivity contribution < 1.29 is 9.59 Å². The van der Waals surface area contributed by atoms with Gasteiger partial charge in [0.25, 0.3) is 0 Å². The summed E-state index contributed by atoms with van der Waals surface area (Å²) in [5, 5.41) is 20.2. The van der Waals surface area contributed by atoms with Crippen LogP contribution in [0.2, 0.25) is 0 Å². The summed E-state index contributed by atoms with van der Waals surface area (Å²) in [4.78, 5) is 24.5. The Morgan fingerprint density at radius 2 is 1.86 bits per heavy atom. The van der Waals surface area contributed by atoms with E-state index in [9.17, 15) is 9.59 Å². The molecule has 2 heterocycles. The summed E-state index contributed by atoms with van der Waals surface area (Å²) in [6.45, 7) is 1.49. The molecule has 22 heavy (non-hydrogen) atoms. The van der Waals surface area contributed by atoms with Gasteiger partial charge < -0.3 is 10.2 Å². The molecule has 6 nitrogen and oxygen atoms in total. The molecule has 4 fully saturated rings. The van der Waals surface area contributed by atoms with Gasteiger partial charge in [0.1, 0.15) is 11.3 Å². The number of hydrogen-bond donors (Lipinski definition) is 1. The van der Waals surface area contributed by atoms with Crippen LogP contribution in [0.25, 0.3) is 0 Å². The maximum absolute atomic E-state index is 11.3. The van der Waals surface area contributed by atoms with E-state index < -0.39 is 5.41 Å². The van der Waals surface area contributed by atoms with Crippen LogP contribution in [-0.4, -0.2) is 35.8 Å². The van der Waals surface area contributed by atoms with Crippen molar-refractivity contribution in [2.24, 2.45) is 17.3 Å². The van der Waals surface area contributed by atoms with E-state index in [-0.39, 0.29) is 17.7 Å². The monoisotopic (exact) mass is 300 g/mol. The van der Waals surface area contributed by atoms with E-state index in [0.717, 1.165) is 38.6 Å². The van der Waals surface area contributed by atoms with Crippen LogP contribution in [0.1, 0.15) is 38.5 Å². The second-order valence-corrected chi connectivity index (χ2v) is 6.60. The van der Waals surface area contributed by atoms with Crippen molar-refractivity contribution in [3.8, 4) is 12.1 Å². The predicted octanol–water partition coefficient (Wildman–Crippen LogP) is 0.947. The maximum Gasteiger partial charge on any atom is 0.240 e. The van der Waals surface area contributed by atoms with Gasteiger partial charge in [-0.2, -0.15) is 10.5 Å². The van der Waals surface area contributed by atoms with Crippen molar-refractivity contribution in [3.63, 3.8) is 0 Å². The third kappa shape index (κ3) is 2.54. The highest BCUT2D eigenvalue weighted by molar-refractivity contribution is 5.88. The number of nitriles is 2. The van der Waals surface area contributed by atoms with Crippen LogP contribution in [-0.2, 0) is 9.59 Å². The highest BCUT2D eigenvalue weighted by Gasteiger charge is 2.53. The standard InChI is InChI=1S/2C8H10N2O/c9-5-6-3-4-10(8(6)11)7-1-2-7;9-5-8(6-1-2-6)3-4-10-7(8)11/h6-7H,1-4H2;6H,1-4H2,(H,10,11)/t6-;/m0./s1. The van der Waals surface area contributed by atoms with Crippen LogP contribution in [0.15, 0.2) is 0 Å². The molecule has 0 bridgehead atoms. The number of nitrogens with zero attached hydrogens (tertiary/aromatic N) is 3. The molecule has 2 atom stereocenters. The largest absolute Gasteiger partial charge is 0.355 e. The van der Waals surface area contributed by atoms with Crippen molar-refractivity contribution in [1.82, 2.24) is 10.2 Å². The summed E-state index contributed by atoms with van der Waals surface area (Å²) in [5.41, 5.74) is -0.639. The molecule has 1 unspecified atom stereocenters. The number of hydrogen-bond acceptors (Lipinski definition) is 4. The lowest BCUT2D eigenvalue weighted by Crippen LogP contribution is -2.31. The molecule has 2 aliphatic carbocycles. The average Bonchev–Trinajstić information content (AvgIpc) is 3.45. The van der Waals surface area contributed by atoms with Gasteiger partial charge >= 0.3 is 0 Å². The Morgan fingerprint density at radius 1 is 1.14 bits per heavy atom. The highest BCUT2D eigenvalue weighted by Crippen LogP contribution is 2.49. The zero-order valence-corrected chi connectivity index (χ0v) is 12.5. The summed E-state index contributed by atoms with van der Waals surface area (Å²) in [6, 6.07) is 4.70. The molecule has 0 aromatic heterocycles. The summed E-state index contributed by atoms with van der Waals surface area (Å²) in [6.07, 6.45) is 5.86.